The van der Waals surface area contributed by atoms with Gasteiger partial charge in [0.15, 0.2) is 0 Å². The molecule has 1 fully saturated rings. The highest BCUT2D eigenvalue weighted by Crippen LogP contribution is 2.24. The number of rotatable bonds is 3. The van der Waals surface area contributed by atoms with E-state index in [1.807, 2.05) is 12.1 Å². The summed E-state index contributed by atoms with van der Waals surface area (Å²) < 4.78 is 7.72. The standard InChI is InChI=1S/C18H24N4O2.2ClH/c23-18(11-14-12-24-9-7-19-14)20-13-5-6-16-15(10-13)21-17-4-2-1-3-8-22(16)17;;/h5-6,10,14,19H,1-4,7-9,11-12H2,(H,20,23);2*1H. The molecule has 2 aliphatic rings. The number of nitrogens with zero attached hydrogens (tertiary/aromatic N) is 2. The SMILES string of the molecule is Cl.Cl.O=C(CC1COCCN1)Nc1ccc2c(c1)nc1n2CCCCC1. The largest absolute Gasteiger partial charge is 0.378 e. The normalized spacial score (nSPS) is 19.6. The molecule has 0 radical (unpaired) electrons. The smallest absolute Gasteiger partial charge is 0.226 e. The second kappa shape index (κ2) is 9.55. The Balaban J connectivity index is 0.00000121. The maximum atomic E-state index is 12.2. The lowest BCUT2D eigenvalue weighted by Crippen LogP contribution is -2.43. The van der Waals surface area contributed by atoms with E-state index in [0.29, 0.717) is 13.0 Å². The van der Waals surface area contributed by atoms with Crippen LogP contribution in [0.15, 0.2) is 18.2 Å². The van der Waals surface area contributed by atoms with E-state index in [-0.39, 0.29) is 36.8 Å². The maximum absolute atomic E-state index is 12.2. The minimum absolute atomic E-state index is 0. The third-order valence-corrected chi connectivity index (χ3v) is 4.82. The van der Waals surface area contributed by atoms with Crippen molar-refractivity contribution in [2.24, 2.45) is 0 Å². The van der Waals surface area contributed by atoms with Gasteiger partial charge in [-0.2, -0.15) is 0 Å². The Morgan fingerprint density at radius 3 is 3.00 bits per heavy atom. The minimum atomic E-state index is 0. The quantitative estimate of drug-likeness (QED) is 0.830. The fourth-order valence-electron chi connectivity index (χ4n) is 3.61. The molecule has 4 rings (SSSR count). The zero-order chi connectivity index (χ0) is 16.4. The Kier molecular flexibility index (Phi) is 7.70. The number of benzene rings is 1. The van der Waals surface area contributed by atoms with Crippen molar-refractivity contribution < 1.29 is 9.53 Å². The van der Waals surface area contributed by atoms with E-state index in [1.165, 1.54) is 30.6 Å². The summed E-state index contributed by atoms with van der Waals surface area (Å²) in [6, 6.07) is 6.14. The first-order valence-corrected chi connectivity index (χ1v) is 8.90. The highest BCUT2D eigenvalue weighted by molar-refractivity contribution is 5.93. The van der Waals surface area contributed by atoms with E-state index in [0.717, 1.165) is 37.3 Å². The van der Waals surface area contributed by atoms with E-state index in [9.17, 15) is 4.79 Å². The Morgan fingerprint density at radius 1 is 1.31 bits per heavy atom. The van der Waals surface area contributed by atoms with Gasteiger partial charge in [0, 0.05) is 37.7 Å². The molecule has 1 atom stereocenters. The molecule has 1 amide bonds. The van der Waals surface area contributed by atoms with Gasteiger partial charge in [0.1, 0.15) is 5.82 Å². The maximum Gasteiger partial charge on any atom is 0.226 e. The van der Waals surface area contributed by atoms with E-state index >= 15 is 0 Å². The zero-order valence-corrected chi connectivity index (χ0v) is 16.3. The van der Waals surface area contributed by atoms with E-state index in [4.69, 9.17) is 9.72 Å². The molecule has 1 aromatic carbocycles. The number of morpholine rings is 1. The molecule has 26 heavy (non-hydrogen) atoms. The molecular weight excluding hydrogens is 375 g/mol. The number of ether oxygens (including phenoxy) is 1. The molecule has 2 aromatic rings. The van der Waals surface area contributed by atoms with Crippen LogP contribution in [0.1, 0.15) is 31.5 Å². The summed E-state index contributed by atoms with van der Waals surface area (Å²) in [4.78, 5) is 17.0. The highest BCUT2D eigenvalue weighted by Gasteiger charge is 2.18. The molecule has 3 heterocycles. The van der Waals surface area contributed by atoms with Crippen molar-refractivity contribution in [3.05, 3.63) is 24.0 Å². The Bertz CT molecular complexity index is 744. The fraction of sp³-hybridized carbons (Fsp3) is 0.556. The summed E-state index contributed by atoms with van der Waals surface area (Å²) in [6.45, 7) is 3.18. The first-order valence-electron chi connectivity index (χ1n) is 8.90. The number of carbonyl (C=O) groups is 1. The minimum Gasteiger partial charge on any atom is -0.378 e. The molecule has 1 unspecified atom stereocenters. The van der Waals surface area contributed by atoms with Gasteiger partial charge < -0.3 is 19.9 Å². The lowest BCUT2D eigenvalue weighted by Gasteiger charge is -2.23. The van der Waals surface area contributed by atoms with E-state index in [2.05, 4.69) is 21.3 Å². The van der Waals surface area contributed by atoms with Crippen LogP contribution in [0.2, 0.25) is 0 Å². The predicted molar refractivity (Wildman–Crippen MR) is 108 cm³/mol. The molecule has 0 saturated carbocycles. The first kappa shape index (κ1) is 21.0. The molecule has 6 nitrogen and oxygen atoms in total. The second-order valence-corrected chi connectivity index (χ2v) is 6.67. The number of imidazole rings is 1. The van der Waals surface area contributed by atoms with Gasteiger partial charge in [-0.15, -0.1) is 24.8 Å². The second-order valence-electron chi connectivity index (χ2n) is 6.67. The number of amides is 1. The summed E-state index contributed by atoms with van der Waals surface area (Å²) in [5, 5.41) is 6.29. The van der Waals surface area contributed by atoms with Gasteiger partial charge in [-0.3, -0.25) is 4.79 Å². The summed E-state index contributed by atoms with van der Waals surface area (Å²) in [6.07, 6.45) is 5.18. The monoisotopic (exact) mass is 400 g/mol. The molecule has 144 valence electrons. The first-order chi connectivity index (χ1) is 11.8. The summed E-state index contributed by atoms with van der Waals surface area (Å²) in [7, 11) is 0. The number of nitrogens with one attached hydrogen (secondary N) is 2. The zero-order valence-electron chi connectivity index (χ0n) is 14.7. The number of hydrogen-bond donors (Lipinski definition) is 2. The molecule has 1 aromatic heterocycles. The van der Waals surface area contributed by atoms with Gasteiger partial charge in [0.25, 0.3) is 0 Å². The lowest BCUT2D eigenvalue weighted by atomic mass is 10.2. The summed E-state index contributed by atoms with van der Waals surface area (Å²) in [5.41, 5.74) is 2.97. The van der Waals surface area contributed by atoms with Crippen molar-refractivity contribution in [2.75, 3.05) is 25.1 Å². The van der Waals surface area contributed by atoms with Gasteiger partial charge in [-0.1, -0.05) is 6.42 Å². The number of fused-ring (bicyclic) bond motifs is 3. The molecule has 2 N–H and O–H groups in total. The molecule has 1 saturated heterocycles. The molecule has 8 heteroatoms. The lowest BCUT2D eigenvalue weighted by molar-refractivity contribution is -0.117. The van der Waals surface area contributed by atoms with Crippen molar-refractivity contribution in [2.45, 2.75) is 44.7 Å². The van der Waals surface area contributed by atoms with Crippen LogP contribution in [0.25, 0.3) is 11.0 Å². The van der Waals surface area contributed by atoms with Crippen LogP contribution in [-0.2, 0) is 22.5 Å². The van der Waals surface area contributed by atoms with Crippen LogP contribution >= 0.6 is 24.8 Å². The van der Waals surface area contributed by atoms with Crippen molar-refractivity contribution in [3.63, 3.8) is 0 Å². The van der Waals surface area contributed by atoms with Crippen LogP contribution in [0.3, 0.4) is 0 Å². The van der Waals surface area contributed by atoms with Crippen molar-refractivity contribution in [3.8, 4) is 0 Å². The Labute approximate surface area is 165 Å². The number of aryl methyl sites for hydroxylation is 2. The van der Waals surface area contributed by atoms with Gasteiger partial charge in [-0.05, 0) is 31.0 Å². The number of aromatic nitrogens is 2. The molecule has 2 aliphatic heterocycles. The third-order valence-electron chi connectivity index (χ3n) is 4.82. The van der Waals surface area contributed by atoms with Crippen molar-refractivity contribution >= 4 is 47.4 Å². The van der Waals surface area contributed by atoms with E-state index in [1.54, 1.807) is 0 Å². The summed E-state index contributed by atoms with van der Waals surface area (Å²) in [5.74, 6) is 1.19. The fourth-order valence-corrected chi connectivity index (χ4v) is 3.61. The van der Waals surface area contributed by atoms with Crippen molar-refractivity contribution in [1.82, 2.24) is 14.9 Å². The number of halogens is 2. The number of hydrogen-bond acceptors (Lipinski definition) is 4. The average Bonchev–Trinajstić information content (AvgIpc) is 2.76. The number of carbonyl (C=O) groups excluding carboxylic acids is 1. The van der Waals surface area contributed by atoms with Crippen LogP contribution < -0.4 is 10.6 Å². The average molecular weight is 401 g/mol. The van der Waals surface area contributed by atoms with E-state index < -0.39 is 0 Å². The topological polar surface area (TPSA) is 68.2 Å². The molecule has 0 spiro atoms. The molecule has 0 aliphatic carbocycles. The third kappa shape index (κ3) is 4.68. The number of anilines is 1. The molecule has 0 bridgehead atoms. The Morgan fingerprint density at radius 2 is 2.19 bits per heavy atom. The van der Waals surface area contributed by atoms with Gasteiger partial charge in [-0.25, -0.2) is 4.98 Å². The van der Waals surface area contributed by atoms with Gasteiger partial charge in [0.2, 0.25) is 5.91 Å². The van der Waals surface area contributed by atoms with Crippen LogP contribution in [-0.4, -0.2) is 41.3 Å². The summed E-state index contributed by atoms with van der Waals surface area (Å²) >= 11 is 0. The predicted octanol–water partition coefficient (Wildman–Crippen LogP) is 2.92. The van der Waals surface area contributed by atoms with Crippen LogP contribution in [0, 0.1) is 0 Å². The Hall–Kier alpha value is -1.34. The van der Waals surface area contributed by atoms with Crippen molar-refractivity contribution in [1.29, 1.82) is 0 Å². The van der Waals surface area contributed by atoms with Gasteiger partial charge >= 0.3 is 0 Å². The highest BCUT2D eigenvalue weighted by atomic mass is 35.5. The van der Waals surface area contributed by atoms with Gasteiger partial charge in [0.05, 0.1) is 24.2 Å². The molecular formula is C18H26Cl2N4O2. The van der Waals surface area contributed by atoms with Crippen LogP contribution in [0.4, 0.5) is 5.69 Å². The van der Waals surface area contributed by atoms with Crippen LogP contribution in [0.5, 0.6) is 0 Å².